The van der Waals surface area contributed by atoms with Crippen LogP contribution in [0, 0.1) is 13.8 Å². The molecule has 0 bridgehead atoms. The number of aromatic nitrogens is 3. The number of aryl methyl sites for hydroxylation is 3. The van der Waals surface area contributed by atoms with Crippen LogP contribution in [-0.4, -0.2) is 14.5 Å². The van der Waals surface area contributed by atoms with E-state index in [2.05, 4.69) is 72.3 Å². The Balaban J connectivity index is 0.000000156. The zero-order valence-electron chi connectivity index (χ0n) is 15.5. The fourth-order valence-corrected chi connectivity index (χ4v) is 4.53. The van der Waals surface area contributed by atoms with E-state index in [4.69, 9.17) is 0 Å². The second-order valence-corrected chi connectivity index (χ2v) is 9.20. The largest absolute Gasteiger partial charge is 0.329 e. The van der Waals surface area contributed by atoms with E-state index in [-0.39, 0.29) is 0 Å². The Kier molecular flexibility index (Phi) is 7.15. The first kappa shape index (κ1) is 19.7. The summed E-state index contributed by atoms with van der Waals surface area (Å²) in [6.45, 7) is 4.19. The van der Waals surface area contributed by atoms with Crippen molar-refractivity contribution < 1.29 is 0 Å². The number of hydrogen-bond acceptors (Lipinski definition) is 5. The maximum atomic E-state index is 4.26. The van der Waals surface area contributed by atoms with Crippen molar-refractivity contribution >= 4 is 34.9 Å². The van der Waals surface area contributed by atoms with Crippen LogP contribution in [0.4, 0.5) is 0 Å². The number of thiazole rings is 1. The highest BCUT2D eigenvalue weighted by Gasteiger charge is 2.01. The topological polar surface area (TPSA) is 30.7 Å². The molecule has 0 aliphatic heterocycles. The zero-order valence-corrected chi connectivity index (χ0v) is 17.9. The number of imidazole rings is 1. The highest BCUT2D eigenvalue weighted by Crippen LogP contribution is 2.29. The summed E-state index contributed by atoms with van der Waals surface area (Å²) >= 11 is 5.07. The van der Waals surface area contributed by atoms with Gasteiger partial charge < -0.3 is 4.57 Å². The van der Waals surface area contributed by atoms with Crippen LogP contribution in [0.15, 0.2) is 91.8 Å². The average molecular weight is 412 g/mol. The normalized spacial score (nSPS) is 10.3. The monoisotopic (exact) mass is 411 g/mol. The molecule has 4 rings (SSSR count). The second kappa shape index (κ2) is 9.78. The number of rotatable bonds is 4. The molecule has 0 spiro atoms. The number of benzene rings is 2. The second-order valence-electron chi connectivity index (χ2n) is 5.95. The zero-order chi connectivity index (χ0) is 19.1. The third-order valence-corrected chi connectivity index (χ3v) is 6.62. The van der Waals surface area contributed by atoms with Crippen molar-refractivity contribution in [1.82, 2.24) is 14.5 Å². The highest BCUT2D eigenvalue weighted by molar-refractivity contribution is 8.01. The van der Waals surface area contributed by atoms with Crippen molar-refractivity contribution in [2.24, 2.45) is 7.05 Å². The van der Waals surface area contributed by atoms with Gasteiger partial charge in [0, 0.05) is 40.8 Å². The number of nitrogens with zero attached hydrogens (tertiary/aromatic N) is 3. The highest BCUT2D eigenvalue weighted by atomic mass is 32.2. The minimum absolute atomic E-state index is 1.02. The average Bonchev–Trinajstić information content (AvgIpc) is 3.32. The lowest BCUT2D eigenvalue weighted by Crippen LogP contribution is -1.87. The molecular weight excluding hydrogens is 390 g/mol. The van der Waals surface area contributed by atoms with Crippen LogP contribution in [0.5, 0.6) is 0 Å². The summed E-state index contributed by atoms with van der Waals surface area (Å²) in [6, 6.07) is 17.0. The molecule has 0 amide bonds. The van der Waals surface area contributed by atoms with Gasteiger partial charge in [-0.15, -0.1) is 11.3 Å². The molecule has 3 nitrogen and oxygen atoms in total. The Labute approximate surface area is 172 Å². The van der Waals surface area contributed by atoms with E-state index >= 15 is 0 Å². The first-order valence-electron chi connectivity index (χ1n) is 8.46. The van der Waals surface area contributed by atoms with Crippen LogP contribution < -0.4 is 0 Å². The molecule has 0 aliphatic rings. The molecule has 6 heteroatoms. The summed E-state index contributed by atoms with van der Waals surface area (Å²) in [7, 11) is 2.00. The van der Waals surface area contributed by atoms with E-state index in [1.807, 2.05) is 35.6 Å². The third-order valence-electron chi connectivity index (χ3n) is 3.64. The molecule has 0 fully saturated rings. The van der Waals surface area contributed by atoms with Gasteiger partial charge in [0.2, 0.25) is 0 Å². The van der Waals surface area contributed by atoms with Gasteiger partial charge in [-0.25, -0.2) is 9.97 Å². The molecule has 0 radical (unpaired) electrons. The maximum absolute atomic E-state index is 4.26. The standard InChI is InChI=1S/C11H12N2S.C10H9NS2/c1-9-3-5-10(6-4-9)14-11-12-7-8-13(11)2;1-8-2-4-9(5-3-8)13-10-11-6-7-12-10/h3-8H,1-2H3;2-7H,1H3. The summed E-state index contributed by atoms with van der Waals surface area (Å²) in [5.41, 5.74) is 2.58. The Hall–Kier alpha value is -2.02. The smallest absolute Gasteiger partial charge is 0.172 e. The molecule has 138 valence electrons. The fourth-order valence-electron chi connectivity index (χ4n) is 2.13. The van der Waals surface area contributed by atoms with Gasteiger partial charge in [0.1, 0.15) is 0 Å². The SMILES string of the molecule is Cc1ccc(Sc2nccn2C)cc1.Cc1ccc(Sc2nccs2)cc1. The lowest BCUT2D eigenvalue weighted by molar-refractivity contribution is 0.790. The Morgan fingerprint density at radius 2 is 1.37 bits per heavy atom. The van der Waals surface area contributed by atoms with Crippen LogP contribution in [0.2, 0.25) is 0 Å². The summed E-state index contributed by atoms with van der Waals surface area (Å²) in [6.07, 6.45) is 5.61. The first-order chi connectivity index (χ1) is 13.1. The van der Waals surface area contributed by atoms with Crippen LogP contribution in [0.25, 0.3) is 0 Å². The summed E-state index contributed by atoms with van der Waals surface area (Å²) < 4.78 is 3.12. The predicted molar refractivity (Wildman–Crippen MR) is 116 cm³/mol. The van der Waals surface area contributed by atoms with Crippen LogP contribution in [0.1, 0.15) is 11.1 Å². The summed E-state index contributed by atoms with van der Waals surface area (Å²) in [5.74, 6) is 0. The fraction of sp³-hybridized carbons (Fsp3) is 0.143. The van der Waals surface area contributed by atoms with Crippen molar-refractivity contribution in [2.75, 3.05) is 0 Å². The molecule has 2 heterocycles. The first-order valence-corrected chi connectivity index (χ1v) is 11.0. The quantitative estimate of drug-likeness (QED) is 0.384. The van der Waals surface area contributed by atoms with Gasteiger partial charge in [-0.05, 0) is 38.1 Å². The summed E-state index contributed by atoms with van der Waals surface area (Å²) in [4.78, 5) is 11.0. The van der Waals surface area contributed by atoms with Crippen molar-refractivity contribution in [3.8, 4) is 0 Å². The van der Waals surface area contributed by atoms with E-state index in [1.54, 1.807) is 34.9 Å². The predicted octanol–water partition coefficient (Wildman–Crippen LogP) is 6.48. The van der Waals surface area contributed by atoms with Gasteiger partial charge in [0.25, 0.3) is 0 Å². The van der Waals surface area contributed by atoms with Crippen LogP contribution in [0.3, 0.4) is 0 Å². The molecule has 2 aromatic heterocycles. The molecule has 0 atom stereocenters. The van der Waals surface area contributed by atoms with Gasteiger partial charge in [-0.3, -0.25) is 0 Å². The molecule has 4 aromatic rings. The minimum atomic E-state index is 1.02. The van der Waals surface area contributed by atoms with Crippen LogP contribution >= 0.6 is 34.9 Å². The molecule has 0 saturated carbocycles. The maximum Gasteiger partial charge on any atom is 0.172 e. The Morgan fingerprint density at radius 3 is 1.85 bits per heavy atom. The third kappa shape index (κ3) is 6.27. The van der Waals surface area contributed by atoms with Gasteiger partial charge in [-0.1, -0.05) is 58.9 Å². The lowest BCUT2D eigenvalue weighted by atomic mass is 10.2. The number of hydrogen-bond donors (Lipinski definition) is 0. The minimum Gasteiger partial charge on any atom is -0.329 e. The molecule has 0 aliphatic carbocycles. The van der Waals surface area contributed by atoms with E-state index < -0.39 is 0 Å². The van der Waals surface area contributed by atoms with Gasteiger partial charge >= 0.3 is 0 Å². The van der Waals surface area contributed by atoms with E-state index in [9.17, 15) is 0 Å². The van der Waals surface area contributed by atoms with Gasteiger partial charge in [0.15, 0.2) is 9.50 Å². The van der Waals surface area contributed by atoms with E-state index in [0.29, 0.717) is 0 Å². The molecular formula is C21H21N3S3. The molecule has 27 heavy (non-hydrogen) atoms. The van der Waals surface area contributed by atoms with E-state index in [0.717, 1.165) is 9.50 Å². The van der Waals surface area contributed by atoms with Crippen molar-refractivity contribution in [1.29, 1.82) is 0 Å². The molecule has 0 N–H and O–H groups in total. The van der Waals surface area contributed by atoms with Crippen molar-refractivity contribution in [3.05, 3.63) is 83.6 Å². The molecule has 0 unspecified atom stereocenters. The van der Waals surface area contributed by atoms with Gasteiger partial charge in [0.05, 0.1) is 0 Å². The summed E-state index contributed by atoms with van der Waals surface area (Å²) in [5, 5.41) is 3.02. The lowest BCUT2D eigenvalue weighted by Gasteiger charge is -2.01. The van der Waals surface area contributed by atoms with Gasteiger partial charge in [-0.2, -0.15) is 0 Å². The Morgan fingerprint density at radius 1 is 0.778 bits per heavy atom. The Bertz CT molecular complexity index is 943. The van der Waals surface area contributed by atoms with Crippen molar-refractivity contribution in [2.45, 2.75) is 33.1 Å². The molecule has 2 aromatic carbocycles. The van der Waals surface area contributed by atoms with Crippen molar-refractivity contribution in [3.63, 3.8) is 0 Å². The van der Waals surface area contributed by atoms with Crippen LogP contribution in [-0.2, 0) is 7.05 Å². The van der Waals surface area contributed by atoms with E-state index in [1.165, 1.54) is 20.9 Å². The molecule has 0 saturated heterocycles.